The molecule has 1 aliphatic rings. The van der Waals surface area contributed by atoms with Crippen molar-refractivity contribution in [3.05, 3.63) is 23.4 Å². The lowest BCUT2D eigenvalue weighted by molar-refractivity contribution is 0.0207. The van der Waals surface area contributed by atoms with E-state index < -0.39 is 10.1 Å². The van der Waals surface area contributed by atoms with Crippen molar-refractivity contribution in [1.82, 2.24) is 4.90 Å². The molecule has 1 atom stereocenters. The van der Waals surface area contributed by atoms with E-state index in [0.717, 1.165) is 30.6 Å². The van der Waals surface area contributed by atoms with Crippen molar-refractivity contribution in [2.24, 2.45) is 5.92 Å². The summed E-state index contributed by atoms with van der Waals surface area (Å²) in [6.07, 6.45) is 8.06. The Morgan fingerprint density at radius 2 is 1.76 bits per heavy atom. The van der Waals surface area contributed by atoms with Gasteiger partial charge in [0, 0.05) is 43.7 Å². The summed E-state index contributed by atoms with van der Waals surface area (Å²) in [6.45, 7) is 9.36. The summed E-state index contributed by atoms with van der Waals surface area (Å²) in [5.41, 5.74) is 2.16. The Hall–Kier alpha value is -0.270. The minimum atomic E-state index is -3.50. The minimum absolute atomic E-state index is 0.0187. The van der Waals surface area contributed by atoms with Crippen LogP contribution in [0.4, 0.5) is 0 Å². The van der Waals surface area contributed by atoms with Crippen LogP contribution in [-0.2, 0) is 33.2 Å². The largest absolute Gasteiger partial charge is 0.382 e. The molecule has 194 valence electrons. The first-order valence-corrected chi connectivity index (χ1v) is 15.3. The van der Waals surface area contributed by atoms with E-state index in [4.69, 9.17) is 23.1 Å². The Bertz CT molecular complexity index is 711. The fraction of sp³-hybridized carbons (Fsp3) is 0.818. The zero-order chi connectivity index (χ0) is 24.7. The average Bonchev–Trinajstić information content (AvgIpc) is 2.73. The predicted octanol–water partition coefficient (Wildman–Crippen LogP) is 3.21. The van der Waals surface area contributed by atoms with Crippen LogP contribution >= 0.6 is 21.6 Å². The third-order valence-corrected chi connectivity index (χ3v) is 7.84. The van der Waals surface area contributed by atoms with Gasteiger partial charge in [0.05, 0.1) is 52.5 Å². The highest BCUT2D eigenvalue weighted by atomic mass is 33.1. The van der Waals surface area contributed by atoms with E-state index in [1.807, 2.05) is 16.9 Å². The monoisotopic (exact) mass is 527 g/mol. The zero-order valence-corrected chi connectivity index (χ0v) is 23.3. The molecule has 1 rings (SSSR count). The molecule has 0 amide bonds. The Morgan fingerprint density at radius 3 is 2.36 bits per heavy atom. The van der Waals surface area contributed by atoms with Crippen molar-refractivity contribution in [1.29, 1.82) is 0 Å². The Morgan fingerprint density at radius 1 is 1.09 bits per heavy atom. The fourth-order valence-electron chi connectivity index (χ4n) is 3.42. The normalized spacial score (nSPS) is 17.1. The number of ether oxygens (including phenoxy) is 4. The van der Waals surface area contributed by atoms with E-state index in [1.165, 1.54) is 0 Å². The molecule has 33 heavy (non-hydrogen) atoms. The number of rotatable bonds is 19. The van der Waals surface area contributed by atoms with Crippen LogP contribution < -0.4 is 0 Å². The Kier molecular flexibility index (Phi) is 15.3. The molecule has 1 unspecified atom stereocenters. The van der Waals surface area contributed by atoms with Crippen molar-refractivity contribution in [2.75, 3.05) is 86.1 Å². The van der Waals surface area contributed by atoms with Crippen LogP contribution in [0.5, 0.6) is 0 Å². The van der Waals surface area contributed by atoms with E-state index in [1.54, 1.807) is 25.0 Å². The van der Waals surface area contributed by atoms with Crippen molar-refractivity contribution in [3.8, 4) is 0 Å². The quantitative estimate of drug-likeness (QED) is 0.142. The van der Waals surface area contributed by atoms with Crippen molar-refractivity contribution < 1.29 is 31.5 Å². The van der Waals surface area contributed by atoms with Gasteiger partial charge in [-0.3, -0.25) is 4.18 Å². The summed E-state index contributed by atoms with van der Waals surface area (Å²) >= 11 is 0. The summed E-state index contributed by atoms with van der Waals surface area (Å²) < 4.78 is 49.7. The maximum atomic E-state index is 11.5. The highest BCUT2D eigenvalue weighted by Gasteiger charge is 2.27. The molecule has 0 aromatic heterocycles. The SMILES string of the molecule is COCCOCCOCCN(CC(C)(C)SSC)C1=CC(COC)=CC(COS(C)(=O)=O)C1. The van der Waals surface area contributed by atoms with E-state index in [0.29, 0.717) is 46.1 Å². The van der Waals surface area contributed by atoms with Gasteiger partial charge in [0.15, 0.2) is 0 Å². The highest BCUT2D eigenvalue weighted by Crippen LogP contribution is 2.36. The van der Waals surface area contributed by atoms with Crippen LogP contribution in [0.25, 0.3) is 0 Å². The fourth-order valence-corrected chi connectivity index (χ4v) is 6.01. The summed E-state index contributed by atoms with van der Waals surface area (Å²) in [7, 11) is 3.40. The first-order valence-electron chi connectivity index (χ1n) is 11.0. The van der Waals surface area contributed by atoms with Crippen LogP contribution in [0.3, 0.4) is 0 Å². The second kappa shape index (κ2) is 16.4. The summed E-state index contributed by atoms with van der Waals surface area (Å²) in [5.74, 6) is -0.0428. The number of methoxy groups -OCH3 is 2. The molecule has 1 aliphatic carbocycles. The smallest absolute Gasteiger partial charge is 0.264 e. The second-order valence-corrected chi connectivity index (χ2v) is 13.2. The maximum Gasteiger partial charge on any atom is 0.264 e. The molecule has 0 fully saturated rings. The van der Waals surface area contributed by atoms with Gasteiger partial charge < -0.3 is 23.8 Å². The Labute approximate surface area is 208 Å². The topological polar surface area (TPSA) is 83.5 Å². The maximum absolute atomic E-state index is 11.5. The summed E-state index contributed by atoms with van der Waals surface area (Å²) in [5, 5.41) is 0. The molecule has 8 nitrogen and oxygen atoms in total. The van der Waals surface area contributed by atoms with Gasteiger partial charge in [0.25, 0.3) is 10.1 Å². The van der Waals surface area contributed by atoms with Crippen LogP contribution in [0.15, 0.2) is 23.4 Å². The molecular formula is C22H41NO7S3. The lowest BCUT2D eigenvalue weighted by Gasteiger charge is -2.37. The van der Waals surface area contributed by atoms with E-state index in [2.05, 4.69) is 31.1 Å². The third-order valence-electron chi connectivity index (χ3n) is 4.68. The number of hydrogen-bond acceptors (Lipinski definition) is 10. The van der Waals surface area contributed by atoms with Gasteiger partial charge >= 0.3 is 0 Å². The molecule has 0 radical (unpaired) electrons. The number of nitrogens with zero attached hydrogens (tertiary/aromatic N) is 1. The van der Waals surface area contributed by atoms with Gasteiger partial charge in [-0.25, -0.2) is 0 Å². The molecular weight excluding hydrogens is 486 g/mol. The minimum Gasteiger partial charge on any atom is -0.382 e. The molecule has 0 aliphatic heterocycles. The van der Waals surface area contributed by atoms with Crippen LogP contribution in [-0.4, -0.2) is 104 Å². The first-order chi connectivity index (χ1) is 15.6. The standard InChI is InChI=1S/C22H41NO7S3/c1-22(2,32-31-5)18-23(7-8-28-11-12-29-10-9-26-3)21-14-19(16-27-4)13-20(15-21)17-30-33(6,24)25/h13-14,20H,7-12,15-18H2,1-6H3. The third kappa shape index (κ3) is 14.7. The number of hydrogen-bond donors (Lipinski definition) is 0. The first kappa shape index (κ1) is 30.8. The van der Waals surface area contributed by atoms with Gasteiger partial charge in [-0.2, -0.15) is 8.42 Å². The van der Waals surface area contributed by atoms with Crippen LogP contribution in [0, 0.1) is 5.92 Å². The lowest BCUT2D eigenvalue weighted by Crippen LogP contribution is -2.39. The molecule has 0 aromatic carbocycles. The molecule has 0 saturated carbocycles. The molecule has 0 saturated heterocycles. The van der Waals surface area contributed by atoms with Gasteiger partial charge in [-0.1, -0.05) is 27.7 Å². The molecule has 0 bridgehead atoms. The van der Waals surface area contributed by atoms with Gasteiger partial charge in [0.1, 0.15) is 0 Å². The molecule has 0 aromatic rings. The lowest BCUT2D eigenvalue weighted by atomic mass is 9.93. The molecule has 0 N–H and O–H groups in total. The van der Waals surface area contributed by atoms with E-state index >= 15 is 0 Å². The van der Waals surface area contributed by atoms with Gasteiger partial charge in [-0.05, 0) is 38.2 Å². The van der Waals surface area contributed by atoms with Crippen molar-refractivity contribution in [3.63, 3.8) is 0 Å². The zero-order valence-electron chi connectivity index (χ0n) is 20.8. The van der Waals surface area contributed by atoms with Gasteiger partial charge in [-0.15, -0.1) is 0 Å². The highest BCUT2D eigenvalue weighted by molar-refractivity contribution is 8.76. The van der Waals surface area contributed by atoms with Crippen LogP contribution in [0.2, 0.25) is 0 Å². The average molecular weight is 528 g/mol. The summed E-state index contributed by atoms with van der Waals surface area (Å²) in [6, 6.07) is 0. The Balaban J connectivity index is 2.84. The van der Waals surface area contributed by atoms with E-state index in [9.17, 15) is 8.42 Å². The van der Waals surface area contributed by atoms with E-state index in [-0.39, 0.29) is 17.3 Å². The number of allylic oxidation sites excluding steroid dienone is 1. The van der Waals surface area contributed by atoms with Gasteiger partial charge in [0.2, 0.25) is 0 Å². The molecule has 0 heterocycles. The van der Waals surface area contributed by atoms with Crippen molar-refractivity contribution >= 4 is 31.7 Å². The van der Waals surface area contributed by atoms with Crippen molar-refractivity contribution in [2.45, 2.75) is 25.0 Å². The second-order valence-electron chi connectivity index (χ2n) is 8.41. The van der Waals surface area contributed by atoms with Crippen LogP contribution in [0.1, 0.15) is 20.3 Å². The molecule has 11 heteroatoms. The summed E-state index contributed by atoms with van der Waals surface area (Å²) in [4.78, 5) is 2.34. The molecule has 0 spiro atoms. The predicted molar refractivity (Wildman–Crippen MR) is 137 cm³/mol.